The monoisotopic (exact) mass is 327 g/mol. The second-order valence-electron chi connectivity index (χ2n) is 5.86. The summed E-state index contributed by atoms with van der Waals surface area (Å²) in [6.45, 7) is 1.92. The van der Waals surface area contributed by atoms with Gasteiger partial charge < -0.3 is 4.52 Å². The Labute approximate surface area is 146 Å². The third-order valence-corrected chi connectivity index (χ3v) is 4.11. The number of hydrogen-bond acceptors (Lipinski definition) is 4. The van der Waals surface area contributed by atoms with Crippen LogP contribution in [0.4, 0.5) is 0 Å². The van der Waals surface area contributed by atoms with Crippen LogP contribution in [-0.4, -0.2) is 16.6 Å². The van der Waals surface area contributed by atoms with Gasteiger partial charge >= 0.3 is 0 Å². The Bertz CT molecular complexity index is 894. The lowest BCUT2D eigenvalue weighted by molar-refractivity contribution is 0.385. The van der Waals surface area contributed by atoms with E-state index in [-0.39, 0.29) is 5.92 Å². The number of hydrogen-bond donors (Lipinski definition) is 0. The largest absolute Gasteiger partial charge is 0.360 e. The van der Waals surface area contributed by atoms with Crippen LogP contribution in [0.15, 0.2) is 93.6 Å². The minimum Gasteiger partial charge on any atom is -0.360 e. The van der Waals surface area contributed by atoms with E-state index >= 15 is 0 Å². The molecule has 0 amide bonds. The average molecular weight is 327 g/mol. The molecule has 0 N–H and O–H groups in total. The first-order valence-electron chi connectivity index (χ1n) is 8.17. The second kappa shape index (κ2) is 6.69. The predicted octanol–water partition coefficient (Wildman–Crippen LogP) is 4.53. The van der Waals surface area contributed by atoms with Crippen LogP contribution in [0.25, 0.3) is 0 Å². The van der Waals surface area contributed by atoms with Crippen LogP contribution in [0.3, 0.4) is 0 Å². The van der Waals surface area contributed by atoms with Gasteiger partial charge in [0.05, 0.1) is 17.1 Å². The summed E-state index contributed by atoms with van der Waals surface area (Å²) in [5.41, 5.74) is 4.71. The minimum absolute atomic E-state index is 0.221. The molecule has 0 aliphatic carbocycles. The van der Waals surface area contributed by atoms with E-state index in [1.54, 1.807) is 12.4 Å². The van der Waals surface area contributed by atoms with E-state index < -0.39 is 0 Å². The Morgan fingerprint density at radius 3 is 1.72 bits per heavy atom. The lowest BCUT2D eigenvalue weighted by atomic mass is 9.86. The van der Waals surface area contributed by atoms with Crippen molar-refractivity contribution >= 4 is 11.4 Å². The summed E-state index contributed by atoms with van der Waals surface area (Å²) in [6.07, 6.45) is 3.46. The lowest BCUT2D eigenvalue weighted by Gasteiger charge is -2.18. The normalized spacial score (nSPS) is 14.8. The number of benzene rings is 2. The summed E-state index contributed by atoms with van der Waals surface area (Å²) >= 11 is 0. The molecule has 0 unspecified atom stereocenters. The van der Waals surface area contributed by atoms with E-state index in [0.29, 0.717) is 0 Å². The highest BCUT2D eigenvalue weighted by molar-refractivity contribution is 6.24. The molecular weight excluding hydrogens is 310 g/mol. The van der Waals surface area contributed by atoms with E-state index in [4.69, 9.17) is 4.52 Å². The smallest absolute Gasteiger partial charge is 0.152 e. The van der Waals surface area contributed by atoms with Crippen molar-refractivity contribution in [3.8, 4) is 0 Å². The van der Waals surface area contributed by atoms with Gasteiger partial charge in [-0.05, 0) is 18.1 Å². The van der Waals surface area contributed by atoms with Crippen molar-refractivity contribution in [1.29, 1.82) is 0 Å². The summed E-state index contributed by atoms with van der Waals surface area (Å²) in [4.78, 5) is 9.34. The summed E-state index contributed by atoms with van der Waals surface area (Å²) in [5, 5.41) is 4.07. The minimum atomic E-state index is -0.221. The van der Waals surface area contributed by atoms with E-state index in [2.05, 4.69) is 39.4 Å². The van der Waals surface area contributed by atoms with Gasteiger partial charge in [-0.2, -0.15) is 0 Å². The van der Waals surface area contributed by atoms with E-state index in [1.165, 1.54) is 0 Å². The van der Waals surface area contributed by atoms with E-state index in [0.717, 1.165) is 34.0 Å². The number of aryl methyl sites for hydroxylation is 1. The molecular formula is C21H17N3O. The van der Waals surface area contributed by atoms with Crippen LogP contribution in [0.2, 0.25) is 0 Å². The van der Waals surface area contributed by atoms with Gasteiger partial charge in [0.1, 0.15) is 5.92 Å². The molecule has 0 radical (unpaired) electrons. The first-order chi connectivity index (χ1) is 12.3. The SMILES string of the molecule is Cc1cc(C2C(c3ccccc3)=NC=CN=C2c2ccccc2)on1. The Kier molecular flexibility index (Phi) is 4.09. The van der Waals surface area contributed by atoms with Crippen LogP contribution in [0, 0.1) is 6.92 Å². The number of rotatable bonds is 3. The molecule has 3 aromatic rings. The molecule has 1 aliphatic heterocycles. The van der Waals surface area contributed by atoms with Crippen LogP contribution >= 0.6 is 0 Å². The fourth-order valence-corrected chi connectivity index (χ4v) is 2.99. The number of aromatic nitrogens is 1. The Hall–Kier alpha value is -3.27. The highest BCUT2D eigenvalue weighted by Gasteiger charge is 2.30. The summed E-state index contributed by atoms with van der Waals surface area (Å²) in [5.74, 6) is 0.521. The quantitative estimate of drug-likeness (QED) is 0.709. The zero-order chi connectivity index (χ0) is 17.1. The standard InChI is InChI=1S/C21H17N3O/c1-15-14-18(25-24-15)19-20(16-8-4-2-5-9-16)22-12-13-23-21(19)17-10-6-3-7-11-17/h2-14,19H,1H3. The van der Waals surface area contributed by atoms with Gasteiger partial charge in [0.15, 0.2) is 5.76 Å². The van der Waals surface area contributed by atoms with Gasteiger partial charge in [0, 0.05) is 18.5 Å². The van der Waals surface area contributed by atoms with Crippen molar-refractivity contribution < 1.29 is 4.52 Å². The van der Waals surface area contributed by atoms with Crippen molar-refractivity contribution in [1.82, 2.24) is 5.16 Å². The average Bonchev–Trinajstić information content (AvgIpc) is 2.97. The molecule has 0 atom stereocenters. The zero-order valence-corrected chi connectivity index (χ0v) is 13.8. The van der Waals surface area contributed by atoms with Crippen molar-refractivity contribution in [2.75, 3.05) is 0 Å². The van der Waals surface area contributed by atoms with Crippen molar-refractivity contribution in [2.24, 2.45) is 9.98 Å². The first kappa shape index (κ1) is 15.3. The maximum atomic E-state index is 5.62. The van der Waals surface area contributed by atoms with Gasteiger partial charge in [-0.1, -0.05) is 65.8 Å². The van der Waals surface area contributed by atoms with Crippen molar-refractivity contribution in [3.05, 3.63) is 102 Å². The van der Waals surface area contributed by atoms with Crippen molar-refractivity contribution in [3.63, 3.8) is 0 Å². The Morgan fingerprint density at radius 1 is 0.760 bits per heavy atom. The molecule has 1 aliphatic rings. The third-order valence-electron chi connectivity index (χ3n) is 4.11. The van der Waals surface area contributed by atoms with Gasteiger partial charge in [-0.3, -0.25) is 9.98 Å². The summed E-state index contributed by atoms with van der Waals surface area (Å²) in [6, 6.07) is 22.2. The molecule has 0 bridgehead atoms. The fourth-order valence-electron chi connectivity index (χ4n) is 2.99. The molecule has 2 aromatic carbocycles. The van der Waals surface area contributed by atoms with Crippen LogP contribution in [-0.2, 0) is 0 Å². The maximum Gasteiger partial charge on any atom is 0.152 e. The molecule has 122 valence electrons. The Balaban J connectivity index is 1.90. The second-order valence-corrected chi connectivity index (χ2v) is 5.86. The Morgan fingerprint density at radius 2 is 1.28 bits per heavy atom. The lowest BCUT2D eigenvalue weighted by Crippen LogP contribution is -2.23. The molecule has 2 heterocycles. The maximum absolute atomic E-state index is 5.62. The topological polar surface area (TPSA) is 50.8 Å². The van der Waals surface area contributed by atoms with Crippen molar-refractivity contribution in [2.45, 2.75) is 12.8 Å². The van der Waals surface area contributed by atoms with Crippen LogP contribution in [0.1, 0.15) is 28.5 Å². The molecule has 0 spiro atoms. The van der Waals surface area contributed by atoms with Gasteiger partial charge in [-0.15, -0.1) is 0 Å². The highest BCUT2D eigenvalue weighted by Crippen LogP contribution is 2.29. The van der Waals surface area contributed by atoms with Gasteiger partial charge in [0.25, 0.3) is 0 Å². The molecule has 0 saturated carbocycles. The molecule has 4 rings (SSSR count). The third kappa shape index (κ3) is 3.06. The first-order valence-corrected chi connectivity index (χ1v) is 8.17. The van der Waals surface area contributed by atoms with Crippen LogP contribution in [0.5, 0.6) is 0 Å². The zero-order valence-electron chi connectivity index (χ0n) is 13.8. The molecule has 0 saturated heterocycles. The van der Waals surface area contributed by atoms with E-state index in [9.17, 15) is 0 Å². The molecule has 1 aromatic heterocycles. The summed E-state index contributed by atoms with van der Waals surface area (Å²) in [7, 11) is 0. The summed E-state index contributed by atoms with van der Waals surface area (Å²) < 4.78 is 5.62. The highest BCUT2D eigenvalue weighted by atomic mass is 16.5. The van der Waals surface area contributed by atoms with Gasteiger partial charge in [0.2, 0.25) is 0 Å². The number of aliphatic imine (C=N–C) groups is 2. The van der Waals surface area contributed by atoms with Crippen LogP contribution < -0.4 is 0 Å². The molecule has 4 nitrogen and oxygen atoms in total. The predicted molar refractivity (Wildman–Crippen MR) is 99.1 cm³/mol. The fraction of sp³-hybridized carbons (Fsp3) is 0.0952. The number of nitrogens with zero attached hydrogens (tertiary/aromatic N) is 3. The molecule has 0 fully saturated rings. The molecule has 4 heteroatoms. The van der Waals surface area contributed by atoms with Gasteiger partial charge in [-0.25, -0.2) is 0 Å². The molecule has 25 heavy (non-hydrogen) atoms. The van der Waals surface area contributed by atoms with E-state index in [1.807, 2.05) is 49.4 Å².